The number of halogens is 1. The van der Waals surface area contributed by atoms with Gasteiger partial charge in [0.05, 0.1) is 50.2 Å². The van der Waals surface area contributed by atoms with E-state index in [0.29, 0.717) is 49.9 Å². The maximum atomic E-state index is 15.4. The standard InChI is InChI=1S/C35H39FN8O4/c1-41(2)11-5-6-33(45)44-22-35(36,23-44)34(46)43-14-12-42(13-15-43)32-10-7-24(20-38-32)31-21-37-29-9-8-25(18-30(29)40-31)39-26-16-27(47-3)19-28(17-26)48-4/h5-10,16-21,39H,11-15,22-23H2,1-4H3/b6-5+. The van der Waals surface area contributed by atoms with Gasteiger partial charge in [0.2, 0.25) is 11.6 Å². The molecule has 12 nitrogen and oxygen atoms in total. The second-order valence-electron chi connectivity index (χ2n) is 12.2. The van der Waals surface area contributed by atoms with Crippen molar-refractivity contribution in [2.24, 2.45) is 0 Å². The number of aromatic nitrogens is 3. The molecule has 2 fully saturated rings. The number of ether oxygens (including phenoxy) is 2. The number of hydrogen-bond donors (Lipinski definition) is 1. The summed E-state index contributed by atoms with van der Waals surface area (Å²) in [5, 5.41) is 3.38. The second kappa shape index (κ2) is 13.8. The number of piperazine rings is 1. The first-order valence-electron chi connectivity index (χ1n) is 15.7. The number of methoxy groups -OCH3 is 2. The predicted molar refractivity (Wildman–Crippen MR) is 183 cm³/mol. The summed E-state index contributed by atoms with van der Waals surface area (Å²) < 4.78 is 26.1. The summed E-state index contributed by atoms with van der Waals surface area (Å²) >= 11 is 0. The van der Waals surface area contributed by atoms with Gasteiger partial charge in [-0.15, -0.1) is 0 Å². The molecule has 2 aromatic carbocycles. The van der Waals surface area contributed by atoms with E-state index in [0.717, 1.165) is 33.8 Å². The SMILES string of the molecule is COc1cc(Nc2ccc3ncc(-c4ccc(N5CCN(C(=O)C6(F)CN(C(=O)/C=C/CN(C)C)C6)CC5)nc4)nc3c2)cc(OC)c1. The number of rotatable bonds is 10. The van der Waals surface area contributed by atoms with E-state index in [9.17, 15) is 9.59 Å². The van der Waals surface area contributed by atoms with Gasteiger partial charge in [0, 0.05) is 80.1 Å². The number of carbonyl (C=O) groups excluding carboxylic acids is 2. The first-order chi connectivity index (χ1) is 23.1. The van der Waals surface area contributed by atoms with Crippen LogP contribution >= 0.6 is 0 Å². The van der Waals surface area contributed by atoms with Crippen LogP contribution in [0.15, 0.2) is 73.1 Å². The molecule has 2 aromatic heterocycles. The number of benzene rings is 2. The van der Waals surface area contributed by atoms with Crippen molar-refractivity contribution in [3.63, 3.8) is 0 Å². The molecule has 250 valence electrons. The van der Waals surface area contributed by atoms with Crippen LogP contribution in [0.1, 0.15) is 0 Å². The van der Waals surface area contributed by atoms with Gasteiger partial charge in [-0.25, -0.2) is 14.4 Å². The number of amides is 2. The molecule has 13 heteroatoms. The molecule has 0 atom stereocenters. The number of anilines is 3. The summed E-state index contributed by atoms with van der Waals surface area (Å²) in [6.07, 6.45) is 6.65. The number of likely N-dealkylation sites (N-methyl/N-ethyl adjacent to an activating group) is 1. The lowest BCUT2D eigenvalue weighted by atomic mass is 9.94. The van der Waals surface area contributed by atoms with Crippen molar-refractivity contribution in [1.29, 1.82) is 0 Å². The van der Waals surface area contributed by atoms with Crippen LogP contribution in [0.5, 0.6) is 11.5 Å². The Kier molecular flexibility index (Phi) is 9.40. The molecule has 0 saturated carbocycles. The zero-order chi connectivity index (χ0) is 33.8. The van der Waals surface area contributed by atoms with Gasteiger partial charge in [0.25, 0.3) is 5.91 Å². The third-order valence-corrected chi connectivity index (χ3v) is 8.43. The van der Waals surface area contributed by atoms with Crippen LogP contribution < -0.4 is 19.7 Å². The zero-order valence-electron chi connectivity index (χ0n) is 27.5. The quantitative estimate of drug-likeness (QED) is 0.254. The van der Waals surface area contributed by atoms with Crippen LogP contribution in [0.2, 0.25) is 0 Å². The van der Waals surface area contributed by atoms with E-state index < -0.39 is 11.6 Å². The minimum absolute atomic E-state index is 0.215. The Morgan fingerprint density at radius 2 is 1.62 bits per heavy atom. The molecule has 0 spiro atoms. The molecule has 0 bridgehead atoms. The fourth-order valence-corrected chi connectivity index (χ4v) is 5.74. The van der Waals surface area contributed by atoms with Crippen molar-refractivity contribution < 1.29 is 23.5 Å². The number of nitrogens with zero attached hydrogens (tertiary/aromatic N) is 7. The van der Waals surface area contributed by atoms with Crippen molar-refractivity contribution in [3.05, 3.63) is 73.1 Å². The smallest absolute Gasteiger partial charge is 0.264 e. The van der Waals surface area contributed by atoms with Gasteiger partial charge in [-0.05, 0) is 44.4 Å². The number of nitrogens with one attached hydrogen (secondary N) is 1. The Labute approximate surface area is 278 Å². The zero-order valence-corrected chi connectivity index (χ0v) is 27.5. The lowest BCUT2D eigenvalue weighted by Gasteiger charge is -2.46. The minimum atomic E-state index is -2.03. The third-order valence-electron chi connectivity index (χ3n) is 8.43. The summed E-state index contributed by atoms with van der Waals surface area (Å²) in [7, 11) is 7.01. The average molecular weight is 655 g/mol. The first kappa shape index (κ1) is 32.6. The van der Waals surface area contributed by atoms with Crippen molar-refractivity contribution in [1.82, 2.24) is 29.7 Å². The van der Waals surface area contributed by atoms with E-state index in [-0.39, 0.29) is 19.0 Å². The molecule has 2 saturated heterocycles. The number of fused-ring (bicyclic) bond motifs is 1. The molecule has 0 aliphatic carbocycles. The molecule has 6 rings (SSSR count). The minimum Gasteiger partial charge on any atom is -0.497 e. The Morgan fingerprint density at radius 1 is 0.896 bits per heavy atom. The Morgan fingerprint density at radius 3 is 2.27 bits per heavy atom. The summed E-state index contributed by atoms with van der Waals surface area (Å²) in [6.45, 7) is 1.98. The molecule has 4 aromatic rings. The monoisotopic (exact) mass is 654 g/mol. The molecule has 2 amide bonds. The van der Waals surface area contributed by atoms with Crippen LogP contribution in [-0.4, -0.2) is 121 Å². The summed E-state index contributed by atoms with van der Waals surface area (Å²) in [5.41, 5.74) is 2.61. The fraction of sp³-hybridized carbons (Fsp3) is 0.343. The van der Waals surface area contributed by atoms with Gasteiger partial charge in [-0.2, -0.15) is 0 Å². The van der Waals surface area contributed by atoms with Crippen LogP contribution in [-0.2, 0) is 9.59 Å². The van der Waals surface area contributed by atoms with Gasteiger partial charge in [0.1, 0.15) is 17.3 Å². The van der Waals surface area contributed by atoms with E-state index in [2.05, 4.69) is 20.2 Å². The molecular formula is C35H39FN8O4. The molecule has 0 radical (unpaired) electrons. The Bertz CT molecular complexity index is 1800. The van der Waals surface area contributed by atoms with Gasteiger partial charge in [0.15, 0.2) is 0 Å². The number of carbonyl (C=O) groups is 2. The average Bonchev–Trinajstić information content (AvgIpc) is 3.09. The van der Waals surface area contributed by atoms with E-state index in [4.69, 9.17) is 14.5 Å². The number of likely N-dealkylation sites (tertiary alicyclic amines) is 1. The van der Waals surface area contributed by atoms with Crippen molar-refractivity contribution >= 4 is 40.0 Å². The van der Waals surface area contributed by atoms with Gasteiger partial charge in [-0.3, -0.25) is 14.6 Å². The predicted octanol–water partition coefficient (Wildman–Crippen LogP) is 3.77. The van der Waals surface area contributed by atoms with E-state index in [1.807, 2.05) is 67.5 Å². The molecular weight excluding hydrogens is 615 g/mol. The van der Waals surface area contributed by atoms with Crippen LogP contribution in [0.4, 0.5) is 21.6 Å². The molecule has 2 aliphatic heterocycles. The maximum absolute atomic E-state index is 15.4. The lowest BCUT2D eigenvalue weighted by molar-refractivity contribution is -0.162. The van der Waals surface area contributed by atoms with Crippen molar-refractivity contribution in [2.75, 3.05) is 84.3 Å². The Balaban J connectivity index is 1.05. The molecule has 0 unspecified atom stereocenters. The summed E-state index contributed by atoms with van der Waals surface area (Å²) in [4.78, 5) is 46.3. The molecule has 1 N–H and O–H groups in total. The normalized spacial score (nSPS) is 15.9. The number of hydrogen-bond acceptors (Lipinski definition) is 10. The third kappa shape index (κ3) is 7.15. The van der Waals surface area contributed by atoms with E-state index in [1.54, 1.807) is 37.6 Å². The fourth-order valence-electron chi connectivity index (χ4n) is 5.74. The maximum Gasteiger partial charge on any atom is 0.264 e. The highest BCUT2D eigenvalue weighted by atomic mass is 19.1. The van der Waals surface area contributed by atoms with Gasteiger partial charge < -0.3 is 34.4 Å². The molecule has 4 heterocycles. The topological polar surface area (TPSA) is 116 Å². The Hall–Kier alpha value is -5.30. The number of alkyl halides is 1. The van der Waals surface area contributed by atoms with Crippen molar-refractivity contribution in [2.45, 2.75) is 5.67 Å². The summed E-state index contributed by atoms with van der Waals surface area (Å²) in [6, 6.07) is 15.2. The van der Waals surface area contributed by atoms with Crippen LogP contribution in [0.25, 0.3) is 22.3 Å². The highest BCUT2D eigenvalue weighted by Gasteiger charge is 2.53. The van der Waals surface area contributed by atoms with E-state index in [1.165, 1.54) is 11.0 Å². The molecule has 2 aliphatic rings. The molecule has 48 heavy (non-hydrogen) atoms. The second-order valence-corrected chi connectivity index (χ2v) is 12.2. The highest BCUT2D eigenvalue weighted by Crippen LogP contribution is 2.31. The van der Waals surface area contributed by atoms with Gasteiger partial charge >= 0.3 is 0 Å². The van der Waals surface area contributed by atoms with Gasteiger partial charge in [-0.1, -0.05) is 6.08 Å². The van der Waals surface area contributed by atoms with Crippen molar-refractivity contribution in [3.8, 4) is 22.8 Å². The largest absolute Gasteiger partial charge is 0.497 e. The van der Waals surface area contributed by atoms with Crippen LogP contribution in [0.3, 0.4) is 0 Å². The highest BCUT2D eigenvalue weighted by molar-refractivity contribution is 5.93. The van der Waals surface area contributed by atoms with E-state index >= 15 is 4.39 Å². The number of pyridine rings is 1. The first-order valence-corrected chi connectivity index (χ1v) is 15.7. The van der Waals surface area contributed by atoms with Crippen LogP contribution in [0, 0.1) is 0 Å². The summed E-state index contributed by atoms with van der Waals surface area (Å²) in [5.74, 6) is 1.29. The lowest BCUT2D eigenvalue weighted by Crippen LogP contribution is -2.68.